The highest BCUT2D eigenvalue weighted by Crippen LogP contribution is 2.19. The molecule has 1 aromatic carbocycles. The average Bonchev–Trinajstić information content (AvgIpc) is 2.76. The van der Waals surface area contributed by atoms with Gasteiger partial charge in [0.05, 0.1) is 5.75 Å². The number of amides is 4. The highest BCUT2D eigenvalue weighted by Gasteiger charge is 2.25. The number of carbonyl (C=O) groups excluding carboxylic acids is 4. The molecule has 1 atom stereocenters. The Hall–Kier alpha value is -2.40. The number of ether oxygens (including phenoxy) is 1. The largest absolute Gasteiger partial charge is 0.444 e. The Morgan fingerprint density at radius 3 is 2.48 bits per heavy atom. The fraction of sp³-hybridized carbons (Fsp3) is 0.545. The van der Waals surface area contributed by atoms with E-state index < -0.39 is 28.9 Å². The summed E-state index contributed by atoms with van der Waals surface area (Å²) in [4.78, 5) is 50.8. The monoisotopic (exact) mass is 496 g/mol. The summed E-state index contributed by atoms with van der Waals surface area (Å²) in [7, 11) is 0. The number of carbonyl (C=O) groups is 4. The lowest BCUT2D eigenvalue weighted by atomic mass is 10.00. The first kappa shape index (κ1) is 26.8. The standard InChI is InChI=1S/C22H32N4O5S2/c1-22(2,3)31-20(29)23-17(10-12-32-4)19(28)24-25-21(30)33-14-18(27)26-11-9-15-7-5-6-8-16(15)13-26/h5-8,17H,9-14H2,1-4H3,(H,23,29)(H,24,28)(H,25,30)/t17-/m1/s1. The summed E-state index contributed by atoms with van der Waals surface area (Å²) in [6, 6.07) is 7.13. The van der Waals surface area contributed by atoms with Crippen molar-refractivity contribution in [2.75, 3.05) is 24.3 Å². The van der Waals surface area contributed by atoms with Crippen LogP contribution in [0.5, 0.6) is 0 Å². The van der Waals surface area contributed by atoms with Gasteiger partial charge in [-0.3, -0.25) is 25.2 Å². The highest BCUT2D eigenvalue weighted by molar-refractivity contribution is 8.14. The molecule has 0 aromatic heterocycles. The molecule has 11 heteroatoms. The van der Waals surface area contributed by atoms with E-state index >= 15 is 0 Å². The molecule has 0 aliphatic carbocycles. The van der Waals surface area contributed by atoms with Gasteiger partial charge < -0.3 is 15.0 Å². The summed E-state index contributed by atoms with van der Waals surface area (Å²) in [5.74, 6) is -0.108. The molecule has 33 heavy (non-hydrogen) atoms. The van der Waals surface area contributed by atoms with Gasteiger partial charge in [0, 0.05) is 13.1 Å². The Morgan fingerprint density at radius 2 is 1.82 bits per heavy atom. The number of rotatable bonds is 7. The predicted octanol–water partition coefficient (Wildman–Crippen LogP) is 2.69. The van der Waals surface area contributed by atoms with Crippen molar-refractivity contribution >= 4 is 46.7 Å². The van der Waals surface area contributed by atoms with Crippen LogP contribution >= 0.6 is 23.5 Å². The van der Waals surface area contributed by atoms with Gasteiger partial charge in [0.15, 0.2) is 0 Å². The molecule has 3 N–H and O–H groups in total. The fourth-order valence-corrected chi connectivity index (χ4v) is 4.15. The van der Waals surface area contributed by atoms with E-state index in [1.807, 2.05) is 24.5 Å². The maximum atomic E-state index is 12.5. The predicted molar refractivity (Wildman–Crippen MR) is 131 cm³/mol. The number of nitrogens with zero attached hydrogens (tertiary/aromatic N) is 1. The zero-order valence-electron chi connectivity index (χ0n) is 19.4. The van der Waals surface area contributed by atoms with Crippen LogP contribution in [0.3, 0.4) is 0 Å². The average molecular weight is 497 g/mol. The van der Waals surface area contributed by atoms with Crippen LogP contribution in [0.2, 0.25) is 0 Å². The Bertz CT molecular complexity index is 859. The molecule has 4 amide bonds. The third-order valence-corrected chi connectivity index (χ3v) is 6.12. The van der Waals surface area contributed by atoms with Gasteiger partial charge in [-0.25, -0.2) is 4.79 Å². The SMILES string of the molecule is CSCC[C@@H](NC(=O)OC(C)(C)C)C(=O)NNC(=O)SCC(=O)N1CCc2ccccc2C1. The van der Waals surface area contributed by atoms with Crippen LogP contribution in [-0.4, -0.2) is 64.0 Å². The zero-order valence-corrected chi connectivity index (χ0v) is 21.1. The third-order valence-electron chi connectivity index (χ3n) is 4.72. The topological polar surface area (TPSA) is 117 Å². The van der Waals surface area contributed by atoms with Gasteiger partial charge in [-0.15, -0.1) is 0 Å². The van der Waals surface area contributed by atoms with E-state index in [1.165, 1.54) is 17.3 Å². The summed E-state index contributed by atoms with van der Waals surface area (Å²) in [6.45, 7) is 6.32. The molecule has 0 fully saturated rings. The Morgan fingerprint density at radius 1 is 1.12 bits per heavy atom. The van der Waals surface area contributed by atoms with Gasteiger partial charge in [0.1, 0.15) is 11.6 Å². The van der Waals surface area contributed by atoms with Gasteiger partial charge >= 0.3 is 6.09 Å². The number of hydrogen-bond acceptors (Lipinski definition) is 7. The number of hydrazine groups is 1. The van der Waals surface area contributed by atoms with Crippen LogP contribution in [0.25, 0.3) is 0 Å². The smallest absolute Gasteiger partial charge is 0.408 e. The van der Waals surface area contributed by atoms with Gasteiger partial charge in [0.2, 0.25) is 5.91 Å². The quantitative estimate of drug-likeness (QED) is 0.497. The molecule has 1 heterocycles. The van der Waals surface area contributed by atoms with Crippen LogP contribution in [-0.2, 0) is 27.3 Å². The van der Waals surface area contributed by atoms with E-state index in [-0.39, 0.29) is 11.7 Å². The van der Waals surface area contributed by atoms with Gasteiger partial charge in [-0.05, 0) is 56.7 Å². The molecule has 0 radical (unpaired) electrons. The van der Waals surface area contributed by atoms with Gasteiger partial charge in [-0.1, -0.05) is 36.0 Å². The maximum Gasteiger partial charge on any atom is 0.408 e. The molecule has 1 aromatic rings. The molecule has 1 aliphatic rings. The summed E-state index contributed by atoms with van der Waals surface area (Å²) >= 11 is 2.31. The van der Waals surface area contributed by atoms with Gasteiger partial charge in [0.25, 0.3) is 11.1 Å². The van der Waals surface area contributed by atoms with Crippen molar-refractivity contribution in [2.45, 2.75) is 51.8 Å². The number of hydrogen-bond donors (Lipinski definition) is 3. The van der Waals surface area contributed by atoms with Crippen molar-refractivity contribution in [3.63, 3.8) is 0 Å². The molecule has 182 valence electrons. The molecular formula is C22H32N4O5S2. The maximum absolute atomic E-state index is 12.5. The minimum Gasteiger partial charge on any atom is -0.444 e. The first-order valence-corrected chi connectivity index (χ1v) is 13.0. The minimum atomic E-state index is -0.868. The van der Waals surface area contributed by atoms with Crippen molar-refractivity contribution in [3.05, 3.63) is 35.4 Å². The number of fused-ring (bicyclic) bond motifs is 1. The van der Waals surface area contributed by atoms with E-state index in [1.54, 1.807) is 25.7 Å². The Balaban J connectivity index is 1.77. The molecule has 2 rings (SSSR count). The minimum absolute atomic E-state index is 0.0318. The molecule has 1 aliphatic heterocycles. The molecule has 0 saturated heterocycles. The van der Waals surface area contributed by atoms with Crippen LogP contribution in [0, 0.1) is 0 Å². The zero-order chi connectivity index (χ0) is 24.4. The van der Waals surface area contributed by atoms with Gasteiger partial charge in [-0.2, -0.15) is 11.8 Å². The second-order valence-corrected chi connectivity index (χ2v) is 10.4. The lowest BCUT2D eigenvalue weighted by molar-refractivity contribution is -0.129. The van der Waals surface area contributed by atoms with E-state index in [9.17, 15) is 19.2 Å². The van der Waals surface area contributed by atoms with E-state index in [2.05, 4.69) is 22.2 Å². The lowest BCUT2D eigenvalue weighted by Gasteiger charge is -2.28. The molecule has 0 saturated carbocycles. The first-order valence-electron chi connectivity index (χ1n) is 10.6. The Kier molecular flexibility index (Phi) is 10.4. The Labute approximate surface area is 203 Å². The van der Waals surface area contributed by atoms with Crippen molar-refractivity contribution in [3.8, 4) is 0 Å². The van der Waals surface area contributed by atoms with Crippen molar-refractivity contribution in [1.29, 1.82) is 0 Å². The third kappa shape index (κ3) is 9.55. The van der Waals surface area contributed by atoms with Crippen molar-refractivity contribution < 1.29 is 23.9 Å². The number of nitrogens with one attached hydrogen (secondary N) is 3. The second kappa shape index (κ2) is 12.7. The van der Waals surface area contributed by atoms with Crippen LogP contribution in [0.1, 0.15) is 38.3 Å². The van der Waals surface area contributed by atoms with Crippen LogP contribution in [0.15, 0.2) is 24.3 Å². The second-order valence-electron chi connectivity index (χ2n) is 8.50. The lowest BCUT2D eigenvalue weighted by Crippen LogP contribution is -2.52. The number of alkyl carbamates (subject to hydrolysis) is 1. The van der Waals surface area contributed by atoms with E-state index in [0.717, 1.165) is 23.7 Å². The normalized spacial score (nSPS) is 14.0. The fourth-order valence-electron chi connectivity index (χ4n) is 3.12. The summed E-state index contributed by atoms with van der Waals surface area (Å²) in [6.07, 6.45) is 2.33. The molecule has 9 nitrogen and oxygen atoms in total. The number of benzene rings is 1. The van der Waals surface area contributed by atoms with Crippen molar-refractivity contribution in [1.82, 2.24) is 21.1 Å². The van der Waals surface area contributed by atoms with Crippen LogP contribution in [0.4, 0.5) is 9.59 Å². The highest BCUT2D eigenvalue weighted by atomic mass is 32.2. The molecule has 0 unspecified atom stereocenters. The number of thioether (sulfide) groups is 2. The molecule has 0 bridgehead atoms. The van der Waals surface area contributed by atoms with E-state index in [4.69, 9.17) is 4.74 Å². The summed E-state index contributed by atoms with van der Waals surface area (Å²) in [5.41, 5.74) is 6.27. The van der Waals surface area contributed by atoms with E-state index in [0.29, 0.717) is 25.3 Å². The molecule has 0 spiro atoms. The summed E-state index contributed by atoms with van der Waals surface area (Å²) < 4.78 is 5.20. The molecular weight excluding hydrogens is 464 g/mol. The van der Waals surface area contributed by atoms with Crippen molar-refractivity contribution in [2.24, 2.45) is 0 Å². The summed E-state index contributed by atoms with van der Waals surface area (Å²) in [5, 5.41) is 1.97. The first-order chi connectivity index (χ1) is 15.6. The van der Waals surface area contributed by atoms with Crippen LogP contribution < -0.4 is 16.2 Å².